The minimum absolute atomic E-state index is 0.0705. The minimum atomic E-state index is -3.72. The molecule has 0 saturated carbocycles. The Morgan fingerprint density at radius 2 is 1.74 bits per heavy atom. The molecule has 1 aromatic heterocycles. The van der Waals surface area contributed by atoms with E-state index in [0.717, 1.165) is 11.1 Å². The van der Waals surface area contributed by atoms with Gasteiger partial charge in [-0.1, -0.05) is 30.3 Å². The van der Waals surface area contributed by atoms with E-state index in [1.807, 2.05) is 41.2 Å². The average Bonchev–Trinajstić information content (AvgIpc) is 3.18. The fraction of sp³-hybridized carbons (Fsp3) is 0.304. The van der Waals surface area contributed by atoms with Crippen molar-refractivity contribution in [3.8, 4) is 0 Å². The summed E-state index contributed by atoms with van der Waals surface area (Å²) in [6.45, 7) is 8.12. The van der Waals surface area contributed by atoms with Crippen molar-refractivity contribution in [3.63, 3.8) is 0 Å². The molecule has 1 amide bonds. The first kappa shape index (κ1) is 22.7. The number of hydrogen-bond donors (Lipinski definition) is 2. The first-order valence-electron chi connectivity index (χ1n) is 10.0. The molecule has 2 aromatic carbocycles. The van der Waals surface area contributed by atoms with Crippen LogP contribution < -0.4 is 10.0 Å². The Bertz CT molecular complexity index is 1150. The number of amides is 1. The number of aromatic nitrogens is 2. The fourth-order valence-electron chi connectivity index (χ4n) is 3.10. The number of rotatable bonds is 7. The van der Waals surface area contributed by atoms with Crippen LogP contribution in [0.2, 0.25) is 0 Å². The zero-order valence-electron chi connectivity index (χ0n) is 18.2. The summed E-state index contributed by atoms with van der Waals surface area (Å²) in [5, 5.41) is 7.07. The van der Waals surface area contributed by atoms with Crippen molar-refractivity contribution >= 4 is 15.9 Å². The quantitative estimate of drug-likeness (QED) is 0.590. The predicted octanol–water partition coefficient (Wildman–Crippen LogP) is 3.25. The number of nitrogens with one attached hydrogen (secondary N) is 2. The van der Waals surface area contributed by atoms with Crippen LogP contribution >= 0.6 is 0 Å². The Morgan fingerprint density at radius 3 is 2.35 bits per heavy atom. The number of hydrogen-bond acceptors (Lipinski definition) is 4. The molecule has 31 heavy (non-hydrogen) atoms. The molecule has 0 bridgehead atoms. The van der Waals surface area contributed by atoms with Crippen molar-refractivity contribution in [2.45, 2.75) is 51.2 Å². The maximum absolute atomic E-state index is 12.7. The van der Waals surface area contributed by atoms with E-state index in [0.29, 0.717) is 24.2 Å². The van der Waals surface area contributed by atoms with Crippen molar-refractivity contribution in [1.82, 2.24) is 19.8 Å². The first-order chi connectivity index (χ1) is 14.5. The Hall–Kier alpha value is -2.97. The summed E-state index contributed by atoms with van der Waals surface area (Å²) in [6.07, 6.45) is 3.65. The highest BCUT2D eigenvalue weighted by Crippen LogP contribution is 2.18. The standard InChI is InChI=1S/C23H28N4O3S/c1-17-6-11-20(31(29,30)26-23(2,3)4)14-21(17)22(28)24-15-18-7-9-19(10-8-18)16-27-13-5-12-25-27/h5-14,26H,15-16H2,1-4H3,(H,24,28). The molecule has 0 aliphatic rings. The molecule has 0 aliphatic heterocycles. The van der Waals surface area contributed by atoms with Crippen molar-refractivity contribution in [3.05, 3.63) is 83.2 Å². The summed E-state index contributed by atoms with van der Waals surface area (Å²) < 4.78 is 29.7. The Kier molecular flexibility index (Phi) is 6.62. The average molecular weight is 441 g/mol. The van der Waals surface area contributed by atoms with Crippen LogP contribution in [0, 0.1) is 6.92 Å². The van der Waals surface area contributed by atoms with Gasteiger partial charge < -0.3 is 5.32 Å². The van der Waals surface area contributed by atoms with Gasteiger partial charge in [0.05, 0.1) is 11.4 Å². The molecule has 3 rings (SSSR count). The van der Waals surface area contributed by atoms with E-state index in [2.05, 4.69) is 15.1 Å². The lowest BCUT2D eigenvalue weighted by atomic mass is 10.1. The molecule has 0 aliphatic carbocycles. The normalized spacial score (nSPS) is 12.0. The molecule has 1 heterocycles. The third kappa shape index (κ3) is 6.26. The van der Waals surface area contributed by atoms with Crippen molar-refractivity contribution in [1.29, 1.82) is 0 Å². The third-order valence-corrected chi connectivity index (χ3v) is 6.34. The zero-order chi connectivity index (χ0) is 22.6. The van der Waals surface area contributed by atoms with Crippen LogP contribution in [0.4, 0.5) is 0 Å². The van der Waals surface area contributed by atoms with Crippen molar-refractivity contribution in [2.24, 2.45) is 0 Å². The van der Waals surface area contributed by atoms with E-state index in [9.17, 15) is 13.2 Å². The molecule has 0 fully saturated rings. The number of sulfonamides is 1. The molecule has 0 unspecified atom stereocenters. The Labute approximate surface area is 183 Å². The molecule has 0 saturated heterocycles. The van der Waals surface area contributed by atoms with Gasteiger partial charge in [-0.15, -0.1) is 0 Å². The van der Waals surface area contributed by atoms with Crippen molar-refractivity contribution in [2.75, 3.05) is 0 Å². The number of nitrogens with zero attached hydrogens (tertiary/aromatic N) is 2. The fourth-order valence-corrected chi connectivity index (χ4v) is 4.54. The SMILES string of the molecule is Cc1ccc(S(=O)(=O)NC(C)(C)C)cc1C(=O)NCc1ccc(Cn2cccn2)cc1. The van der Waals surface area contributed by atoms with Crippen LogP contribution in [-0.2, 0) is 23.1 Å². The number of carbonyl (C=O) groups is 1. The molecule has 164 valence electrons. The topological polar surface area (TPSA) is 93.1 Å². The minimum Gasteiger partial charge on any atom is -0.348 e. The highest BCUT2D eigenvalue weighted by molar-refractivity contribution is 7.89. The summed E-state index contributed by atoms with van der Waals surface area (Å²) in [4.78, 5) is 12.8. The van der Waals surface area contributed by atoms with Gasteiger partial charge in [0.2, 0.25) is 10.0 Å². The van der Waals surface area contributed by atoms with Gasteiger partial charge in [-0.2, -0.15) is 5.10 Å². The van der Waals surface area contributed by atoms with Gasteiger partial charge in [0.15, 0.2) is 0 Å². The molecule has 7 nitrogen and oxygen atoms in total. The van der Waals surface area contributed by atoms with E-state index in [-0.39, 0.29) is 10.8 Å². The van der Waals surface area contributed by atoms with Gasteiger partial charge in [0.25, 0.3) is 5.91 Å². The van der Waals surface area contributed by atoms with Crippen LogP contribution in [0.1, 0.15) is 47.8 Å². The van der Waals surface area contributed by atoms with Gasteiger partial charge in [0.1, 0.15) is 0 Å². The summed E-state index contributed by atoms with van der Waals surface area (Å²) in [7, 11) is -3.72. The van der Waals surface area contributed by atoms with Gasteiger partial charge in [-0.25, -0.2) is 13.1 Å². The first-order valence-corrected chi connectivity index (χ1v) is 11.5. The number of carbonyl (C=O) groups excluding carboxylic acids is 1. The van der Waals surface area contributed by atoms with Gasteiger partial charge in [-0.05, 0) is 62.6 Å². The summed E-state index contributed by atoms with van der Waals surface area (Å²) in [5.74, 6) is -0.314. The molecule has 2 N–H and O–H groups in total. The second-order valence-corrected chi connectivity index (χ2v) is 10.2. The molecular formula is C23H28N4O3S. The van der Waals surface area contributed by atoms with E-state index in [4.69, 9.17) is 0 Å². The monoisotopic (exact) mass is 440 g/mol. The molecule has 0 spiro atoms. The molecule has 8 heteroatoms. The van der Waals surface area contributed by atoms with Gasteiger partial charge in [0, 0.05) is 30.0 Å². The Morgan fingerprint density at radius 1 is 1.06 bits per heavy atom. The third-order valence-electron chi connectivity index (χ3n) is 4.58. The van der Waals surface area contributed by atoms with E-state index >= 15 is 0 Å². The highest BCUT2D eigenvalue weighted by Gasteiger charge is 2.23. The van der Waals surface area contributed by atoms with Crippen LogP contribution in [0.5, 0.6) is 0 Å². The second-order valence-electron chi connectivity index (χ2n) is 8.54. The lowest BCUT2D eigenvalue weighted by Crippen LogP contribution is -2.40. The summed E-state index contributed by atoms with van der Waals surface area (Å²) in [5.41, 5.74) is 2.50. The van der Waals surface area contributed by atoms with Crippen LogP contribution in [0.25, 0.3) is 0 Å². The van der Waals surface area contributed by atoms with Crippen LogP contribution in [-0.4, -0.2) is 29.6 Å². The summed E-state index contributed by atoms with van der Waals surface area (Å²) in [6, 6.07) is 14.4. The maximum Gasteiger partial charge on any atom is 0.251 e. The van der Waals surface area contributed by atoms with Gasteiger partial charge >= 0.3 is 0 Å². The van der Waals surface area contributed by atoms with Crippen LogP contribution in [0.3, 0.4) is 0 Å². The lowest BCUT2D eigenvalue weighted by molar-refractivity contribution is 0.0950. The smallest absolute Gasteiger partial charge is 0.251 e. The number of aryl methyl sites for hydroxylation is 1. The van der Waals surface area contributed by atoms with E-state index < -0.39 is 15.6 Å². The Balaban J connectivity index is 1.67. The second kappa shape index (κ2) is 9.03. The summed E-state index contributed by atoms with van der Waals surface area (Å²) >= 11 is 0. The predicted molar refractivity (Wildman–Crippen MR) is 120 cm³/mol. The van der Waals surface area contributed by atoms with E-state index in [1.165, 1.54) is 12.1 Å². The zero-order valence-corrected chi connectivity index (χ0v) is 19.0. The van der Waals surface area contributed by atoms with Crippen molar-refractivity contribution < 1.29 is 13.2 Å². The van der Waals surface area contributed by atoms with E-state index in [1.54, 1.807) is 40.0 Å². The van der Waals surface area contributed by atoms with Gasteiger partial charge in [-0.3, -0.25) is 9.48 Å². The number of benzene rings is 2. The molecule has 0 atom stereocenters. The molecule has 0 radical (unpaired) electrons. The molecule has 3 aromatic rings. The largest absolute Gasteiger partial charge is 0.348 e. The maximum atomic E-state index is 12.7. The highest BCUT2D eigenvalue weighted by atomic mass is 32.2. The van der Waals surface area contributed by atoms with Crippen LogP contribution in [0.15, 0.2) is 65.8 Å². The lowest BCUT2D eigenvalue weighted by Gasteiger charge is -2.20. The molecular weight excluding hydrogens is 412 g/mol.